The molecule has 2 rings (SSSR count). The highest BCUT2D eigenvalue weighted by molar-refractivity contribution is 5.95. The first-order chi connectivity index (χ1) is 12.7. The molecule has 0 bridgehead atoms. The molecule has 0 saturated carbocycles. The number of carbonyl (C=O) groups excluding carboxylic acids is 1. The number of piperidine rings is 1. The van der Waals surface area contributed by atoms with Crippen molar-refractivity contribution in [2.24, 2.45) is 5.92 Å². The van der Waals surface area contributed by atoms with Gasteiger partial charge in [-0.25, -0.2) is 0 Å². The van der Waals surface area contributed by atoms with Crippen molar-refractivity contribution in [3.8, 4) is 11.5 Å². The van der Waals surface area contributed by atoms with Crippen LogP contribution < -0.4 is 9.47 Å². The Morgan fingerprint density at radius 2 is 1.77 bits per heavy atom. The molecule has 0 radical (unpaired) electrons. The number of methoxy groups -OCH3 is 1. The van der Waals surface area contributed by atoms with Crippen molar-refractivity contribution < 1.29 is 23.7 Å². The summed E-state index contributed by atoms with van der Waals surface area (Å²) in [6.45, 7) is 8.45. The second-order valence-electron chi connectivity index (χ2n) is 6.33. The molecule has 146 valence electrons. The maximum atomic E-state index is 12.8. The quantitative estimate of drug-likeness (QED) is 0.597. The Bertz CT molecular complexity index is 555. The van der Waals surface area contributed by atoms with E-state index in [1.807, 2.05) is 30.9 Å². The summed E-state index contributed by atoms with van der Waals surface area (Å²) < 4.78 is 21.8. The van der Waals surface area contributed by atoms with Crippen LogP contribution in [0.3, 0.4) is 0 Å². The Morgan fingerprint density at radius 3 is 2.42 bits per heavy atom. The van der Waals surface area contributed by atoms with Crippen LogP contribution in [-0.4, -0.2) is 64.0 Å². The summed E-state index contributed by atoms with van der Waals surface area (Å²) in [5.74, 6) is 1.86. The van der Waals surface area contributed by atoms with E-state index in [1.54, 1.807) is 13.2 Å². The van der Waals surface area contributed by atoms with Gasteiger partial charge in [0.2, 0.25) is 0 Å². The molecule has 1 fully saturated rings. The largest absolute Gasteiger partial charge is 0.490 e. The summed E-state index contributed by atoms with van der Waals surface area (Å²) in [6.07, 6.45) is 1.93. The van der Waals surface area contributed by atoms with Gasteiger partial charge in [-0.3, -0.25) is 4.79 Å². The molecular weight excluding hydrogens is 334 g/mol. The van der Waals surface area contributed by atoms with Gasteiger partial charge in [0.1, 0.15) is 0 Å². The average Bonchev–Trinajstić information content (AvgIpc) is 2.67. The predicted molar refractivity (Wildman–Crippen MR) is 100 cm³/mol. The Morgan fingerprint density at radius 1 is 1.08 bits per heavy atom. The number of likely N-dealkylation sites (tertiary alicyclic amines) is 1. The van der Waals surface area contributed by atoms with Crippen LogP contribution in [-0.2, 0) is 9.47 Å². The molecule has 0 N–H and O–H groups in total. The van der Waals surface area contributed by atoms with Crippen LogP contribution in [0.15, 0.2) is 18.2 Å². The SMILES string of the molecule is CCOc1ccc(C(=O)N2CCC(COCCOC)CC2)cc1OCC. The van der Waals surface area contributed by atoms with Crippen LogP contribution >= 0.6 is 0 Å². The lowest BCUT2D eigenvalue weighted by atomic mass is 9.97. The summed E-state index contributed by atoms with van der Waals surface area (Å²) in [5.41, 5.74) is 0.645. The number of benzene rings is 1. The monoisotopic (exact) mass is 365 g/mol. The van der Waals surface area contributed by atoms with Gasteiger partial charge >= 0.3 is 0 Å². The van der Waals surface area contributed by atoms with Crippen LogP contribution in [0.5, 0.6) is 11.5 Å². The molecule has 1 aliphatic rings. The van der Waals surface area contributed by atoms with Gasteiger partial charge in [0.25, 0.3) is 5.91 Å². The summed E-state index contributed by atoms with van der Waals surface area (Å²) in [4.78, 5) is 14.7. The highest BCUT2D eigenvalue weighted by Gasteiger charge is 2.24. The van der Waals surface area contributed by atoms with E-state index in [9.17, 15) is 4.79 Å². The van der Waals surface area contributed by atoms with Crippen molar-refractivity contribution in [2.75, 3.05) is 53.2 Å². The second kappa shape index (κ2) is 11.0. The molecule has 1 aliphatic heterocycles. The van der Waals surface area contributed by atoms with Crippen molar-refractivity contribution in [2.45, 2.75) is 26.7 Å². The molecule has 1 saturated heterocycles. The normalized spacial score (nSPS) is 15.1. The van der Waals surface area contributed by atoms with E-state index in [2.05, 4.69) is 0 Å². The standard InChI is InChI=1S/C20H31NO5/c1-4-25-18-7-6-17(14-19(18)26-5-2)20(22)21-10-8-16(9-11-21)15-24-13-12-23-3/h6-7,14,16H,4-5,8-13,15H2,1-3H3. The van der Waals surface area contributed by atoms with Crippen LogP contribution in [0.25, 0.3) is 0 Å². The third-order valence-electron chi connectivity index (χ3n) is 4.48. The summed E-state index contributed by atoms with van der Waals surface area (Å²) in [5, 5.41) is 0. The zero-order valence-corrected chi connectivity index (χ0v) is 16.2. The van der Waals surface area contributed by atoms with Crippen molar-refractivity contribution >= 4 is 5.91 Å². The number of nitrogens with zero attached hydrogens (tertiary/aromatic N) is 1. The number of hydrogen-bond donors (Lipinski definition) is 0. The van der Waals surface area contributed by atoms with Crippen LogP contribution in [0, 0.1) is 5.92 Å². The minimum Gasteiger partial charge on any atom is -0.490 e. The van der Waals surface area contributed by atoms with E-state index in [0.29, 0.717) is 49.4 Å². The highest BCUT2D eigenvalue weighted by Crippen LogP contribution is 2.29. The van der Waals surface area contributed by atoms with Gasteiger partial charge < -0.3 is 23.8 Å². The van der Waals surface area contributed by atoms with E-state index in [1.165, 1.54) is 0 Å². The molecule has 0 aromatic heterocycles. The Kier molecular flexibility index (Phi) is 8.71. The third kappa shape index (κ3) is 5.88. The van der Waals surface area contributed by atoms with Gasteiger partial charge in [-0.05, 0) is 50.8 Å². The van der Waals surface area contributed by atoms with E-state index >= 15 is 0 Å². The molecule has 1 aromatic carbocycles. The van der Waals surface area contributed by atoms with Gasteiger partial charge in [-0.15, -0.1) is 0 Å². The van der Waals surface area contributed by atoms with Crippen molar-refractivity contribution in [3.63, 3.8) is 0 Å². The molecule has 0 atom stereocenters. The molecular formula is C20H31NO5. The minimum atomic E-state index is 0.0488. The smallest absolute Gasteiger partial charge is 0.253 e. The summed E-state index contributed by atoms with van der Waals surface area (Å²) in [7, 11) is 1.67. The fourth-order valence-electron chi connectivity index (χ4n) is 3.06. The van der Waals surface area contributed by atoms with Crippen molar-refractivity contribution in [1.82, 2.24) is 4.90 Å². The first-order valence-corrected chi connectivity index (χ1v) is 9.45. The van der Waals surface area contributed by atoms with Gasteiger partial charge in [0, 0.05) is 32.4 Å². The molecule has 0 unspecified atom stereocenters. The summed E-state index contributed by atoms with van der Waals surface area (Å²) >= 11 is 0. The predicted octanol–water partition coefficient (Wildman–Crippen LogP) is 3.00. The van der Waals surface area contributed by atoms with E-state index in [4.69, 9.17) is 18.9 Å². The van der Waals surface area contributed by atoms with Gasteiger partial charge in [0.15, 0.2) is 11.5 Å². The van der Waals surface area contributed by atoms with Gasteiger partial charge in [-0.1, -0.05) is 0 Å². The Labute approximate surface area is 156 Å². The van der Waals surface area contributed by atoms with E-state index in [-0.39, 0.29) is 5.91 Å². The lowest BCUT2D eigenvalue weighted by Gasteiger charge is -2.32. The molecule has 0 spiro atoms. The minimum absolute atomic E-state index is 0.0488. The Balaban J connectivity index is 1.90. The maximum absolute atomic E-state index is 12.8. The topological polar surface area (TPSA) is 57.2 Å². The molecule has 1 amide bonds. The number of rotatable bonds is 10. The molecule has 1 aromatic rings. The molecule has 6 heteroatoms. The van der Waals surface area contributed by atoms with E-state index in [0.717, 1.165) is 32.5 Å². The summed E-state index contributed by atoms with van der Waals surface area (Å²) in [6, 6.07) is 5.42. The zero-order chi connectivity index (χ0) is 18.8. The average molecular weight is 365 g/mol. The number of hydrogen-bond acceptors (Lipinski definition) is 5. The lowest BCUT2D eigenvalue weighted by Crippen LogP contribution is -2.39. The second-order valence-corrected chi connectivity index (χ2v) is 6.33. The molecule has 1 heterocycles. The fraction of sp³-hybridized carbons (Fsp3) is 0.650. The molecule has 26 heavy (non-hydrogen) atoms. The maximum Gasteiger partial charge on any atom is 0.253 e. The molecule has 0 aliphatic carbocycles. The first kappa shape index (κ1) is 20.5. The van der Waals surface area contributed by atoms with Crippen molar-refractivity contribution in [1.29, 1.82) is 0 Å². The zero-order valence-electron chi connectivity index (χ0n) is 16.2. The van der Waals surface area contributed by atoms with Gasteiger partial charge in [0.05, 0.1) is 26.4 Å². The third-order valence-corrected chi connectivity index (χ3v) is 4.48. The van der Waals surface area contributed by atoms with Crippen molar-refractivity contribution in [3.05, 3.63) is 23.8 Å². The number of amides is 1. The highest BCUT2D eigenvalue weighted by atomic mass is 16.5. The Hall–Kier alpha value is -1.79. The fourth-order valence-corrected chi connectivity index (χ4v) is 3.06. The number of ether oxygens (including phenoxy) is 4. The van der Waals surface area contributed by atoms with Crippen LogP contribution in [0.4, 0.5) is 0 Å². The van der Waals surface area contributed by atoms with Gasteiger partial charge in [-0.2, -0.15) is 0 Å². The van der Waals surface area contributed by atoms with E-state index < -0.39 is 0 Å². The van der Waals surface area contributed by atoms with Crippen LogP contribution in [0.2, 0.25) is 0 Å². The molecule has 6 nitrogen and oxygen atoms in total. The lowest BCUT2D eigenvalue weighted by molar-refractivity contribution is 0.0327. The first-order valence-electron chi connectivity index (χ1n) is 9.45. The number of carbonyl (C=O) groups is 1. The van der Waals surface area contributed by atoms with Crippen LogP contribution in [0.1, 0.15) is 37.0 Å².